The number of hydrogen-bond donors (Lipinski definition) is 0. The van der Waals surface area contributed by atoms with E-state index in [-0.39, 0.29) is 71.9 Å². The summed E-state index contributed by atoms with van der Waals surface area (Å²) in [6.45, 7) is 11.1. The van der Waals surface area contributed by atoms with E-state index in [9.17, 15) is 0 Å². The second-order valence-electron chi connectivity index (χ2n) is 5.22. The summed E-state index contributed by atoms with van der Waals surface area (Å²) in [6, 6.07) is 0. The minimum Gasteiger partial charge on any atom is -0.338 e. The van der Waals surface area contributed by atoms with E-state index in [4.69, 9.17) is 28.8 Å². The zero-order chi connectivity index (χ0) is 21.8. The summed E-state index contributed by atoms with van der Waals surface area (Å²) in [4.78, 5) is 52.0. The molecule has 0 aliphatic heterocycles. The summed E-state index contributed by atoms with van der Waals surface area (Å²) >= 11 is 0. The van der Waals surface area contributed by atoms with Crippen molar-refractivity contribution in [2.24, 2.45) is 0 Å². The first-order chi connectivity index (χ1) is 12.5. The molecule has 28 heavy (non-hydrogen) atoms. The molecule has 0 aromatic heterocycles. The number of ether oxygens (including phenoxy) is 3. The summed E-state index contributed by atoms with van der Waals surface area (Å²) in [7, 11) is 0. The van der Waals surface area contributed by atoms with Gasteiger partial charge in [0.15, 0.2) is 19.8 Å². The molecule has 0 amide bonds. The largest absolute Gasteiger partial charge is 0.496 e. The van der Waals surface area contributed by atoms with E-state index >= 15 is 0 Å². The fourth-order valence-corrected chi connectivity index (χ4v) is 1.31. The third-order valence-electron chi connectivity index (χ3n) is 2.15. The highest BCUT2D eigenvalue weighted by Gasteiger charge is 2.18. The molecule has 0 atom stereocenters. The number of esters is 3. The number of carbonyl (C=O) groups excluding carboxylic acids is 6. The maximum absolute atomic E-state index is 8.73. The van der Waals surface area contributed by atoms with Crippen molar-refractivity contribution in [3.05, 3.63) is 0 Å². The summed E-state index contributed by atoms with van der Waals surface area (Å²) in [5, 5.41) is 0. The van der Waals surface area contributed by atoms with Crippen LogP contribution in [0.2, 0.25) is 0 Å². The molecule has 0 heterocycles. The highest BCUT2D eigenvalue weighted by molar-refractivity contribution is 5.96. The van der Waals surface area contributed by atoms with Crippen LogP contribution in [0.1, 0.15) is 60.8 Å². The Labute approximate surface area is 176 Å². The van der Waals surface area contributed by atoms with Gasteiger partial charge >= 0.3 is 35.3 Å². The third kappa shape index (κ3) is 35.1. The first kappa shape index (κ1) is 33.5. The second kappa shape index (κ2) is 23.0. The van der Waals surface area contributed by atoms with Crippen molar-refractivity contribution in [2.45, 2.75) is 60.8 Å². The molecule has 0 spiro atoms. The first-order valence-electron chi connectivity index (χ1n) is 8.56. The van der Waals surface area contributed by atoms with Gasteiger partial charge in [0.05, 0.1) is 0 Å². The van der Waals surface area contributed by atoms with Crippen molar-refractivity contribution in [1.29, 1.82) is 0 Å². The molecular weight excluding hydrogens is 387 g/mol. The highest BCUT2D eigenvalue weighted by atomic mass is 27.0. The lowest BCUT2D eigenvalue weighted by Crippen LogP contribution is -2.08. The van der Waals surface area contributed by atoms with Crippen molar-refractivity contribution < 1.29 is 43.0 Å². The fourth-order valence-electron chi connectivity index (χ4n) is 1.31. The molecule has 0 aromatic carbocycles. The Morgan fingerprint density at radius 1 is 0.500 bits per heavy atom. The van der Waals surface area contributed by atoms with Gasteiger partial charge in [-0.15, -0.1) is 0 Å². The van der Waals surface area contributed by atoms with Crippen LogP contribution in [0.3, 0.4) is 0 Å². The number of hydrogen-bond acceptors (Lipinski definition) is 3. The average molecular weight is 423 g/mol. The molecule has 10 heteroatoms. The standard InChI is InChI=1S/3C6H10O3.Al/c3*1-3-9-6(8)4-5(2)7;/h3*3-4H2,1-2H3;/p+6. The quantitative estimate of drug-likeness (QED) is 0.179. The summed E-state index contributed by atoms with van der Waals surface area (Å²) in [6.07, 6.45) is 0.357. The molecule has 159 valence electrons. The third-order valence-corrected chi connectivity index (χ3v) is 2.15. The van der Waals surface area contributed by atoms with Gasteiger partial charge in [0.2, 0.25) is 19.3 Å². The van der Waals surface area contributed by atoms with Gasteiger partial charge in [0.25, 0.3) is 0 Å². The Morgan fingerprint density at radius 3 is 0.786 bits per heavy atom. The first-order valence-corrected chi connectivity index (χ1v) is 8.56. The zero-order valence-electron chi connectivity index (χ0n) is 17.7. The summed E-state index contributed by atoms with van der Waals surface area (Å²) in [5.74, 6) is 0.0790. The van der Waals surface area contributed by atoms with Crippen LogP contribution >= 0.6 is 0 Å². The molecular formula is C18H36AlO9+6. The van der Waals surface area contributed by atoms with Gasteiger partial charge in [-0.25, -0.2) is 0 Å². The van der Waals surface area contributed by atoms with Gasteiger partial charge in [0, 0.05) is 38.1 Å². The van der Waals surface area contributed by atoms with Gasteiger partial charge in [-0.2, -0.15) is 0 Å². The molecule has 9 nitrogen and oxygen atoms in total. The molecule has 0 fully saturated rings. The van der Waals surface area contributed by atoms with Crippen LogP contribution in [-0.2, 0) is 14.2 Å². The van der Waals surface area contributed by atoms with Gasteiger partial charge in [-0.1, -0.05) is 0 Å². The smallest absolute Gasteiger partial charge is 0.338 e. The Hall–Kier alpha value is -2.05. The zero-order valence-corrected chi connectivity index (χ0v) is 18.9. The van der Waals surface area contributed by atoms with E-state index in [1.54, 1.807) is 20.8 Å². The molecule has 3 radical (unpaired) electrons. The Balaban J connectivity index is -0.000000152. The number of rotatable bonds is 9. The summed E-state index contributed by atoms with van der Waals surface area (Å²) < 4.78 is 13.9. The van der Waals surface area contributed by atoms with Crippen molar-refractivity contribution in [3.63, 3.8) is 0 Å². The Morgan fingerprint density at radius 2 is 0.679 bits per heavy atom. The second-order valence-corrected chi connectivity index (χ2v) is 5.22. The SMILES string of the molecule is CCOC(=[OH+])CC(C)=[OH+].CCOC(=[OH+])CC(C)=[OH+].CCOC(=[OH+])CC(C)=[OH+].[Al]. The highest BCUT2D eigenvalue weighted by Crippen LogP contribution is 1.86. The van der Waals surface area contributed by atoms with E-state index in [0.717, 1.165) is 0 Å². The summed E-state index contributed by atoms with van der Waals surface area (Å²) in [5.41, 5.74) is 0. The molecule has 0 rings (SSSR count). The van der Waals surface area contributed by atoms with E-state index in [1.807, 2.05) is 0 Å². The van der Waals surface area contributed by atoms with E-state index in [0.29, 0.717) is 19.8 Å². The van der Waals surface area contributed by atoms with Gasteiger partial charge in [0.1, 0.15) is 0 Å². The molecule has 0 unspecified atom stereocenters. The van der Waals surface area contributed by atoms with Gasteiger partial charge < -0.3 is 28.6 Å². The molecule has 0 aliphatic rings. The van der Waals surface area contributed by atoms with E-state index < -0.39 is 0 Å². The molecule has 0 saturated carbocycles. The van der Waals surface area contributed by atoms with Crippen LogP contribution in [-0.4, -0.2) is 101 Å². The van der Waals surface area contributed by atoms with Crippen LogP contribution < -0.4 is 0 Å². The van der Waals surface area contributed by atoms with Crippen molar-refractivity contribution in [2.75, 3.05) is 19.8 Å². The predicted molar refractivity (Wildman–Crippen MR) is 113 cm³/mol. The molecule has 0 saturated heterocycles. The molecule has 0 bridgehead atoms. The van der Waals surface area contributed by atoms with E-state index in [1.165, 1.54) is 20.8 Å². The topological polar surface area (TPSA) is 156 Å². The molecule has 0 aromatic rings. The van der Waals surface area contributed by atoms with Gasteiger partial charge in [-0.3, -0.25) is 14.4 Å². The lowest BCUT2D eigenvalue weighted by Gasteiger charge is -1.83. The normalized spacial score (nSPS) is 8.36. The van der Waals surface area contributed by atoms with Crippen LogP contribution in [0, 0.1) is 0 Å². The maximum atomic E-state index is 8.73. The minimum atomic E-state index is -0.127. The van der Waals surface area contributed by atoms with Crippen molar-refractivity contribution in [1.82, 2.24) is 0 Å². The Bertz CT molecular complexity index is 430. The monoisotopic (exact) mass is 423 g/mol. The maximum Gasteiger partial charge on any atom is 0.496 e. The number of ketones is 3. The molecule has 0 aliphatic carbocycles. The minimum absolute atomic E-state index is 0. The van der Waals surface area contributed by atoms with Crippen molar-refractivity contribution in [3.8, 4) is 0 Å². The van der Waals surface area contributed by atoms with Crippen LogP contribution in [0.4, 0.5) is 0 Å². The van der Waals surface area contributed by atoms with Crippen LogP contribution in [0.15, 0.2) is 0 Å². The average Bonchev–Trinajstić information content (AvgIpc) is 2.46. The lowest BCUT2D eigenvalue weighted by atomic mass is 10.3. The molecule has 6 N–H and O–H groups in total. The van der Waals surface area contributed by atoms with E-state index in [2.05, 4.69) is 14.2 Å². The Kier molecular flexibility index (Phi) is 27.5. The fraction of sp³-hybridized carbons (Fsp3) is 0.667. The van der Waals surface area contributed by atoms with Crippen LogP contribution in [0.25, 0.3) is 0 Å². The van der Waals surface area contributed by atoms with Crippen molar-refractivity contribution >= 4 is 52.6 Å². The van der Waals surface area contributed by atoms with Crippen LogP contribution in [0.5, 0.6) is 0 Å². The predicted octanol–water partition coefficient (Wildman–Crippen LogP) is 1.06. The lowest BCUT2D eigenvalue weighted by molar-refractivity contribution is 0.285. The van der Waals surface area contributed by atoms with Gasteiger partial charge in [-0.05, 0) is 20.8 Å².